The zero-order chi connectivity index (χ0) is 9.52. The second-order valence-electron chi connectivity index (χ2n) is 2.22. The topological polar surface area (TPSA) is 53.7 Å². The van der Waals surface area contributed by atoms with Crippen molar-refractivity contribution in [3.8, 4) is 5.75 Å². The fourth-order valence-corrected chi connectivity index (χ4v) is 1.04. The van der Waals surface area contributed by atoms with Gasteiger partial charge in [-0.05, 0) is 24.3 Å². The standard InChI is InChI=1S/C8H10BrNO3/c9-7-1-3-8(4-2-7)11-5-6-12-13-10/h1-4H,5-6,10H2. The maximum atomic E-state index is 5.28. The first-order chi connectivity index (χ1) is 6.33. The molecule has 0 aromatic heterocycles. The lowest BCUT2D eigenvalue weighted by Crippen LogP contribution is -2.09. The van der Waals surface area contributed by atoms with E-state index < -0.39 is 0 Å². The average molecular weight is 248 g/mol. The lowest BCUT2D eigenvalue weighted by molar-refractivity contribution is -0.301. The minimum absolute atomic E-state index is 0.298. The molecule has 0 atom stereocenters. The van der Waals surface area contributed by atoms with Gasteiger partial charge in [0.2, 0.25) is 0 Å². The summed E-state index contributed by atoms with van der Waals surface area (Å²) in [6, 6.07) is 7.51. The van der Waals surface area contributed by atoms with E-state index in [1.165, 1.54) is 0 Å². The first-order valence-electron chi connectivity index (χ1n) is 3.69. The number of rotatable bonds is 5. The van der Waals surface area contributed by atoms with Gasteiger partial charge in [0, 0.05) is 4.47 Å². The number of nitrogens with two attached hydrogens (primary N) is 1. The van der Waals surface area contributed by atoms with Gasteiger partial charge >= 0.3 is 0 Å². The van der Waals surface area contributed by atoms with Crippen LogP contribution in [0, 0.1) is 0 Å². The van der Waals surface area contributed by atoms with Crippen molar-refractivity contribution in [3.05, 3.63) is 28.7 Å². The molecule has 0 saturated heterocycles. The van der Waals surface area contributed by atoms with Gasteiger partial charge in [0.25, 0.3) is 0 Å². The summed E-state index contributed by atoms with van der Waals surface area (Å²) in [5.74, 6) is 5.43. The van der Waals surface area contributed by atoms with Crippen molar-refractivity contribution in [1.29, 1.82) is 0 Å². The molecule has 2 N–H and O–H groups in total. The molecule has 1 rings (SSSR count). The monoisotopic (exact) mass is 247 g/mol. The largest absolute Gasteiger partial charge is 0.491 e. The molecule has 5 heteroatoms. The summed E-state index contributed by atoms with van der Waals surface area (Å²) in [6.07, 6.45) is 0. The van der Waals surface area contributed by atoms with Crippen LogP contribution in [-0.2, 0) is 9.88 Å². The molecular weight excluding hydrogens is 238 g/mol. The Morgan fingerprint density at radius 2 is 1.85 bits per heavy atom. The van der Waals surface area contributed by atoms with Crippen LogP contribution >= 0.6 is 15.9 Å². The highest BCUT2D eigenvalue weighted by atomic mass is 79.9. The molecular formula is C8H10BrNO3. The number of ether oxygens (including phenoxy) is 1. The molecule has 0 saturated carbocycles. The molecule has 0 aliphatic carbocycles. The molecule has 0 aliphatic rings. The van der Waals surface area contributed by atoms with E-state index in [4.69, 9.17) is 4.74 Å². The van der Waals surface area contributed by atoms with Crippen LogP contribution in [0.1, 0.15) is 0 Å². The van der Waals surface area contributed by atoms with Gasteiger partial charge in [0.15, 0.2) is 0 Å². The SMILES string of the molecule is NOOCCOc1ccc(Br)cc1. The number of hydrogen-bond acceptors (Lipinski definition) is 4. The Bertz CT molecular complexity index is 240. The van der Waals surface area contributed by atoms with E-state index in [1.54, 1.807) is 0 Å². The van der Waals surface area contributed by atoms with Gasteiger partial charge in [-0.25, -0.2) is 4.89 Å². The average Bonchev–Trinajstić information content (AvgIpc) is 2.15. The Balaban J connectivity index is 2.25. The molecule has 0 spiro atoms. The van der Waals surface area contributed by atoms with Crippen LogP contribution < -0.4 is 10.6 Å². The van der Waals surface area contributed by atoms with E-state index in [9.17, 15) is 0 Å². The van der Waals surface area contributed by atoms with E-state index in [0.717, 1.165) is 10.2 Å². The van der Waals surface area contributed by atoms with Crippen molar-refractivity contribution in [1.82, 2.24) is 0 Å². The van der Waals surface area contributed by atoms with Crippen LogP contribution in [0.25, 0.3) is 0 Å². The van der Waals surface area contributed by atoms with E-state index in [-0.39, 0.29) is 0 Å². The fraction of sp³-hybridized carbons (Fsp3) is 0.250. The lowest BCUT2D eigenvalue weighted by Gasteiger charge is -2.04. The quantitative estimate of drug-likeness (QED) is 0.489. The zero-order valence-corrected chi connectivity index (χ0v) is 8.49. The lowest BCUT2D eigenvalue weighted by atomic mass is 10.3. The summed E-state index contributed by atoms with van der Waals surface area (Å²) in [6.45, 7) is 0.700. The summed E-state index contributed by atoms with van der Waals surface area (Å²) in [5, 5.41) is 0. The van der Waals surface area contributed by atoms with Crippen LogP contribution in [0.15, 0.2) is 28.7 Å². The molecule has 72 valence electrons. The molecule has 1 aromatic carbocycles. The normalized spacial score (nSPS) is 10.0. The fourth-order valence-electron chi connectivity index (χ4n) is 0.772. The highest BCUT2D eigenvalue weighted by Crippen LogP contribution is 2.15. The van der Waals surface area contributed by atoms with Crippen molar-refractivity contribution in [3.63, 3.8) is 0 Å². The first kappa shape index (κ1) is 10.5. The zero-order valence-electron chi connectivity index (χ0n) is 6.90. The van der Waals surface area contributed by atoms with E-state index in [0.29, 0.717) is 13.2 Å². The van der Waals surface area contributed by atoms with Crippen molar-refractivity contribution < 1.29 is 14.6 Å². The summed E-state index contributed by atoms with van der Waals surface area (Å²) in [5.41, 5.74) is 0. The van der Waals surface area contributed by atoms with E-state index in [2.05, 4.69) is 31.7 Å². The summed E-state index contributed by atoms with van der Waals surface area (Å²) >= 11 is 3.32. The highest BCUT2D eigenvalue weighted by molar-refractivity contribution is 9.10. The Kier molecular flexibility index (Phi) is 4.77. The third-order valence-corrected chi connectivity index (χ3v) is 1.85. The predicted molar refractivity (Wildman–Crippen MR) is 50.9 cm³/mol. The maximum Gasteiger partial charge on any atom is 0.119 e. The summed E-state index contributed by atoms with van der Waals surface area (Å²) in [4.78, 5) is 8.33. The van der Waals surface area contributed by atoms with Crippen LogP contribution in [0.5, 0.6) is 5.75 Å². The first-order valence-corrected chi connectivity index (χ1v) is 4.49. The van der Waals surface area contributed by atoms with Crippen molar-refractivity contribution in [2.75, 3.05) is 13.2 Å². The van der Waals surface area contributed by atoms with Crippen molar-refractivity contribution in [2.45, 2.75) is 0 Å². The highest BCUT2D eigenvalue weighted by Gasteiger charge is 1.93. The third-order valence-electron chi connectivity index (χ3n) is 1.32. The van der Waals surface area contributed by atoms with E-state index >= 15 is 0 Å². The van der Waals surface area contributed by atoms with Gasteiger partial charge in [-0.15, -0.1) is 4.99 Å². The molecule has 0 bridgehead atoms. The molecule has 0 aliphatic heterocycles. The maximum absolute atomic E-state index is 5.28. The van der Waals surface area contributed by atoms with Gasteiger partial charge in [-0.1, -0.05) is 15.9 Å². The van der Waals surface area contributed by atoms with Gasteiger partial charge < -0.3 is 4.74 Å². The smallest absolute Gasteiger partial charge is 0.119 e. The molecule has 13 heavy (non-hydrogen) atoms. The van der Waals surface area contributed by atoms with Crippen molar-refractivity contribution >= 4 is 15.9 Å². The molecule has 0 fully saturated rings. The minimum Gasteiger partial charge on any atom is -0.491 e. The van der Waals surface area contributed by atoms with Crippen LogP contribution in [0.2, 0.25) is 0 Å². The van der Waals surface area contributed by atoms with Crippen LogP contribution in [-0.4, -0.2) is 13.2 Å². The molecule has 0 unspecified atom stereocenters. The van der Waals surface area contributed by atoms with Crippen LogP contribution in [0.3, 0.4) is 0 Å². The number of benzene rings is 1. The molecule has 0 heterocycles. The number of halogens is 1. The van der Waals surface area contributed by atoms with Gasteiger partial charge in [0.05, 0.1) is 0 Å². The van der Waals surface area contributed by atoms with Gasteiger partial charge in [0.1, 0.15) is 19.0 Å². The van der Waals surface area contributed by atoms with E-state index in [1.807, 2.05) is 24.3 Å². The predicted octanol–water partition coefficient (Wildman–Crippen LogP) is 1.65. The molecule has 0 radical (unpaired) electrons. The second kappa shape index (κ2) is 5.93. The van der Waals surface area contributed by atoms with Crippen LogP contribution in [0.4, 0.5) is 0 Å². The second-order valence-corrected chi connectivity index (χ2v) is 3.14. The third kappa shape index (κ3) is 4.23. The molecule has 1 aromatic rings. The summed E-state index contributed by atoms with van der Waals surface area (Å²) < 4.78 is 6.30. The Hall–Kier alpha value is -0.620. The Labute approximate surface area is 84.6 Å². The molecule has 4 nitrogen and oxygen atoms in total. The summed E-state index contributed by atoms with van der Waals surface area (Å²) in [7, 11) is 0. The van der Waals surface area contributed by atoms with Gasteiger partial charge in [-0.2, -0.15) is 5.90 Å². The number of hydrogen-bond donors (Lipinski definition) is 1. The minimum atomic E-state index is 0.298. The Morgan fingerprint density at radius 3 is 2.46 bits per heavy atom. The van der Waals surface area contributed by atoms with Crippen molar-refractivity contribution in [2.24, 2.45) is 5.90 Å². The van der Waals surface area contributed by atoms with Gasteiger partial charge in [-0.3, -0.25) is 0 Å². The molecule has 0 amide bonds. The Morgan fingerprint density at radius 1 is 1.15 bits per heavy atom.